The summed E-state index contributed by atoms with van der Waals surface area (Å²) >= 11 is 9.48. The average Bonchev–Trinajstić information content (AvgIpc) is 2.73. The summed E-state index contributed by atoms with van der Waals surface area (Å²) in [5.74, 6) is -0.454. The molecule has 21 heavy (non-hydrogen) atoms. The van der Waals surface area contributed by atoms with E-state index in [-0.39, 0.29) is 6.61 Å². The molecule has 0 atom stereocenters. The van der Waals surface area contributed by atoms with Gasteiger partial charge in [0.25, 0.3) is 0 Å². The molecule has 0 unspecified atom stereocenters. The van der Waals surface area contributed by atoms with Crippen LogP contribution in [0, 0.1) is 0 Å². The Morgan fingerprint density at radius 3 is 2.81 bits per heavy atom. The molecule has 0 aliphatic carbocycles. The lowest BCUT2D eigenvalue weighted by atomic mass is 10.2. The van der Waals surface area contributed by atoms with Gasteiger partial charge in [0, 0.05) is 17.2 Å². The van der Waals surface area contributed by atoms with E-state index in [0.717, 1.165) is 16.6 Å². The summed E-state index contributed by atoms with van der Waals surface area (Å²) < 4.78 is 7.64. The van der Waals surface area contributed by atoms with Crippen molar-refractivity contribution >= 4 is 39.2 Å². The number of nitrogens with two attached hydrogens (primary N) is 1. The third-order valence-electron chi connectivity index (χ3n) is 3.07. The minimum absolute atomic E-state index is 0.0666. The number of carbonyl (C=O) groups excluding carboxylic acids is 1. The molecule has 0 fully saturated rings. The van der Waals surface area contributed by atoms with Gasteiger partial charge in [-0.1, -0.05) is 18.5 Å². The topological polar surface area (TPSA) is 70.1 Å². The number of esters is 1. The van der Waals surface area contributed by atoms with E-state index in [1.54, 1.807) is 29.9 Å². The Kier molecular flexibility index (Phi) is 4.90. The van der Waals surface area contributed by atoms with E-state index in [2.05, 4.69) is 21.0 Å². The van der Waals surface area contributed by atoms with Crippen molar-refractivity contribution in [3.05, 3.63) is 44.6 Å². The van der Waals surface area contributed by atoms with Crippen LogP contribution in [0.5, 0.6) is 0 Å². The Balaban J connectivity index is 2.11. The van der Waals surface area contributed by atoms with Crippen LogP contribution in [0.1, 0.15) is 28.7 Å². The van der Waals surface area contributed by atoms with Gasteiger partial charge < -0.3 is 10.5 Å². The van der Waals surface area contributed by atoms with E-state index in [4.69, 9.17) is 22.1 Å². The largest absolute Gasteiger partial charge is 0.456 e. The van der Waals surface area contributed by atoms with E-state index in [0.29, 0.717) is 22.0 Å². The molecule has 1 aromatic carbocycles. The van der Waals surface area contributed by atoms with Crippen LogP contribution in [-0.2, 0) is 24.8 Å². The Bertz CT molecular complexity index is 685. The Hall–Kier alpha value is -1.53. The molecular formula is C14H15BrClN3O2. The lowest BCUT2D eigenvalue weighted by Crippen LogP contribution is -2.08. The number of halogens is 2. The molecule has 0 bridgehead atoms. The van der Waals surface area contributed by atoms with Crippen LogP contribution in [0.25, 0.3) is 0 Å². The average molecular weight is 373 g/mol. The molecule has 2 aromatic rings. The molecular weight excluding hydrogens is 358 g/mol. The fourth-order valence-corrected chi connectivity index (χ4v) is 2.46. The minimum atomic E-state index is -0.454. The molecule has 1 heterocycles. The van der Waals surface area contributed by atoms with Gasteiger partial charge in [0.1, 0.15) is 6.61 Å². The lowest BCUT2D eigenvalue weighted by Gasteiger charge is -2.07. The molecule has 0 aliphatic rings. The molecule has 0 saturated carbocycles. The van der Waals surface area contributed by atoms with Gasteiger partial charge in [-0.2, -0.15) is 5.10 Å². The van der Waals surface area contributed by atoms with Gasteiger partial charge >= 0.3 is 5.97 Å². The second kappa shape index (κ2) is 6.49. The first-order chi connectivity index (χ1) is 9.93. The number of benzene rings is 1. The summed E-state index contributed by atoms with van der Waals surface area (Å²) in [4.78, 5) is 12.0. The highest BCUT2D eigenvalue weighted by Crippen LogP contribution is 2.23. The molecule has 0 amide bonds. The highest BCUT2D eigenvalue weighted by atomic mass is 79.9. The Morgan fingerprint density at radius 2 is 2.24 bits per heavy atom. The third kappa shape index (κ3) is 3.39. The van der Waals surface area contributed by atoms with Crippen molar-refractivity contribution in [1.29, 1.82) is 0 Å². The summed E-state index contributed by atoms with van der Waals surface area (Å²) in [6, 6.07) is 4.91. The Morgan fingerprint density at radius 1 is 1.52 bits per heavy atom. The van der Waals surface area contributed by atoms with Crippen molar-refractivity contribution in [1.82, 2.24) is 9.78 Å². The molecule has 112 valence electrons. The van der Waals surface area contributed by atoms with Crippen LogP contribution in [0.3, 0.4) is 0 Å². The maximum Gasteiger partial charge on any atom is 0.338 e. The number of nitrogen functional groups attached to an aromatic ring is 1. The van der Waals surface area contributed by atoms with E-state index >= 15 is 0 Å². The van der Waals surface area contributed by atoms with Gasteiger partial charge in [0.05, 0.1) is 22.0 Å². The predicted molar refractivity (Wildman–Crippen MR) is 85.3 cm³/mol. The molecule has 2 N–H and O–H groups in total. The van der Waals surface area contributed by atoms with Gasteiger partial charge in [-0.25, -0.2) is 4.79 Å². The Labute approximate surface area is 136 Å². The number of anilines is 1. The normalized spacial score (nSPS) is 10.7. The van der Waals surface area contributed by atoms with Crippen LogP contribution >= 0.6 is 27.5 Å². The van der Waals surface area contributed by atoms with Crippen molar-refractivity contribution in [3.63, 3.8) is 0 Å². The van der Waals surface area contributed by atoms with Crippen LogP contribution in [-0.4, -0.2) is 15.7 Å². The van der Waals surface area contributed by atoms with E-state index < -0.39 is 5.97 Å². The summed E-state index contributed by atoms with van der Waals surface area (Å²) in [5.41, 5.74) is 8.08. The number of rotatable bonds is 4. The number of nitrogens with zero attached hydrogens (tertiary/aromatic N) is 2. The van der Waals surface area contributed by atoms with Gasteiger partial charge in [0.2, 0.25) is 0 Å². The van der Waals surface area contributed by atoms with Gasteiger partial charge in [0.15, 0.2) is 0 Å². The number of hydrogen-bond acceptors (Lipinski definition) is 4. The number of ether oxygens (including phenoxy) is 1. The zero-order chi connectivity index (χ0) is 15.6. The predicted octanol–water partition coefficient (Wildman–Crippen LogP) is 3.34. The first kappa shape index (κ1) is 15.9. The van der Waals surface area contributed by atoms with Gasteiger partial charge in [-0.3, -0.25) is 4.68 Å². The van der Waals surface area contributed by atoms with Crippen molar-refractivity contribution in [2.45, 2.75) is 20.0 Å². The first-order valence-electron chi connectivity index (χ1n) is 6.36. The molecule has 0 spiro atoms. The monoisotopic (exact) mass is 371 g/mol. The SMILES string of the molecule is CCc1nn(C)c(COC(=O)c2ccc(Br)c(N)c2)c1Cl. The van der Waals surface area contributed by atoms with Crippen molar-refractivity contribution < 1.29 is 9.53 Å². The van der Waals surface area contributed by atoms with E-state index in [1.807, 2.05) is 6.92 Å². The van der Waals surface area contributed by atoms with Crippen LogP contribution in [0.2, 0.25) is 5.02 Å². The smallest absolute Gasteiger partial charge is 0.338 e. The lowest BCUT2D eigenvalue weighted by molar-refractivity contribution is 0.0463. The van der Waals surface area contributed by atoms with Crippen molar-refractivity contribution in [2.75, 3.05) is 5.73 Å². The maximum atomic E-state index is 12.0. The molecule has 5 nitrogen and oxygen atoms in total. The molecule has 0 aliphatic heterocycles. The minimum Gasteiger partial charge on any atom is -0.456 e. The van der Waals surface area contributed by atoms with E-state index in [1.165, 1.54) is 0 Å². The summed E-state index contributed by atoms with van der Waals surface area (Å²) in [5, 5.41) is 4.82. The third-order valence-corrected chi connectivity index (χ3v) is 4.23. The van der Waals surface area contributed by atoms with Crippen LogP contribution < -0.4 is 5.73 Å². The molecule has 0 saturated heterocycles. The molecule has 1 aromatic heterocycles. The second-order valence-corrected chi connectivity index (χ2v) is 5.73. The number of hydrogen-bond donors (Lipinski definition) is 1. The maximum absolute atomic E-state index is 12.0. The zero-order valence-electron chi connectivity index (χ0n) is 11.7. The van der Waals surface area contributed by atoms with Crippen LogP contribution in [0.15, 0.2) is 22.7 Å². The first-order valence-corrected chi connectivity index (χ1v) is 7.53. The zero-order valence-corrected chi connectivity index (χ0v) is 14.0. The van der Waals surface area contributed by atoms with E-state index in [9.17, 15) is 4.79 Å². The summed E-state index contributed by atoms with van der Waals surface area (Å²) in [6.45, 7) is 2.03. The number of aryl methyl sites for hydroxylation is 2. The standard InChI is InChI=1S/C14H15BrClN3O2/c1-3-11-13(16)12(19(2)18-11)7-21-14(20)8-4-5-9(15)10(17)6-8/h4-6H,3,7,17H2,1-2H3. The fourth-order valence-electron chi connectivity index (χ4n) is 1.86. The number of carbonyl (C=O) groups is 1. The highest BCUT2D eigenvalue weighted by Gasteiger charge is 2.16. The van der Waals surface area contributed by atoms with Gasteiger partial charge in [-0.15, -0.1) is 0 Å². The van der Waals surface area contributed by atoms with Crippen molar-refractivity contribution in [2.24, 2.45) is 7.05 Å². The summed E-state index contributed by atoms with van der Waals surface area (Å²) in [7, 11) is 1.77. The van der Waals surface area contributed by atoms with Gasteiger partial charge in [-0.05, 0) is 40.5 Å². The van der Waals surface area contributed by atoms with Crippen molar-refractivity contribution in [3.8, 4) is 0 Å². The summed E-state index contributed by atoms with van der Waals surface area (Å²) in [6.07, 6.45) is 0.726. The molecule has 7 heteroatoms. The fraction of sp³-hybridized carbons (Fsp3) is 0.286. The quantitative estimate of drug-likeness (QED) is 0.660. The number of aromatic nitrogens is 2. The molecule has 0 radical (unpaired) electrons. The second-order valence-electron chi connectivity index (χ2n) is 4.50. The van der Waals surface area contributed by atoms with Crippen LogP contribution in [0.4, 0.5) is 5.69 Å². The highest BCUT2D eigenvalue weighted by molar-refractivity contribution is 9.10. The molecule has 2 rings (SSSR count).